The molecule has 8 rings (SSSR count). The van der Waals surface area contributed by atoms with Crippen LogP contribution in [0.25, 0.3) is 11.1 Å². The van der Waals surface area contributed by atoms with E-state index in [-0.39, 0.29) is 12.1 Å². The number of rotatable bonds is 3. The van der Waals surface area contributed by atoms with Crippen LogP contribution in [0.2, 0.25) is 0 Å². The van der Waals surface area contributed by atoms with Crippen molar-refractivity contribution >= 4 is 57.2 Å². The summed E-state index contributed by atoms with van der Waals surface area (Å²) < 4.78 is 0. The maximum Gasteiger partial charge on any atom is 0.252 e. The fourth-order valence-corrected chi connectivity index (χ4v) is 6.92. The van der Waals surface area contributed by atoms with E-state index in [0.717, 1.165) is 0 Å². The molecule has 0 unspecified atom stereocenters. The van der Waals surface area contributed by atoms with E-state index >= 15 is 0 Å². The molecule has 0 spiro atoms. The highest BCUT2D eigenvalue weighted by atomic mass is 15.2. The minimum atomic E-state index is 0.0310. The average Bonchev–Trinajstić information content (AvgIpc) is 3.05. The summed E-state index contributed by atoms with van der Waals surface area (Å²) in [5.74, 6) is 0. The number of hydrogen-bond acceptors (Lipinski definition) is 2. The molecule has 0 amide bonds. The van der Waals surface area contributed by atoms with Crippen molar-refractivity contribution < 1.29 is 0 Å². The van der Waals surface area contributed by atoms with Gasteiger partial charge < -0.3 is 9.80 Å². The second-order valence-corrected chi connectivity index (χ2v) is 12.7. The van der Waals surface area contributed by atoms with Crippen LogP contribution in [0, 0.1) is 0 Å². The standard InChI is InChI=1S/C40H33BN2/c1-40(2,3)30-23-24-34-36(27-30)43(32-19-11-6-12-20-32)38-26-29(28-15-7-4-8-16-28)25-37-39(38)41(34)33-21-13-14-22-35(33)42(37)31-17-9-5-10-18-31/h4-27H,1-3H3. The smallest absolute Gasteiger partial charge is 0.252 e. The van der Waals surface area contributed by atoms with E-state index in [1.54, 1.807) is 0 Å². The molecule has 0 fully saturated rings. The lowest BCUT2D eigenvalue weighted by Crippen LogP contribution is -2.61. The van der Waals surface area contributed by atoms with Crippen LogP contribution in [-0.2, 0) is 5.41 Å². The predicted molar refractivity (Wildman–Crippen MR) is 185 cm³/mol. The van der Waals surface area contributed by atoms with Crippen LogP contribution in [0.3, 0.4) is 0 Å². The van der Waals surface area contributed by atoms with E-state index < -0.39 is 0 Å². The summed E-state index contributed by atoms with van der Waals surface area (Å²) in [6, 6.07) is 53.4. The fourth-order valence-electron chi connectivity index (χ4n) is 6.92. The van der Waals surface area contributed by atoms with Gasteiger partial charge in [-0.3, -0.25) is 0 Å². The largest absolute Gasteiger partial charge is 0.311 e. The van der Waals surface area contributed by atoms with Gasteiger partial charge in [0.25, 0.3) is 6.71 Å². The number of para-hydroxylation sites is 3. The molecule has 2 heterocycles. The Labute approximate surface area is 255 Å². The monoisotopic (exact) mass is 552 g/mol. The number of fused-ring (bicyclic) bond motifs is 4. The first kappa shape index (κ1) is 25.7. The van der Waals surface area contributed by atoms with Crippen LogP contribution in [0.5, 0.6) is 0 Å². The molecule has 2 aliphatic heterocycles. The second-order valence-electron chi connectivity index (χ2n) is 12.7. The van der Waals surface area contributed by atoms with Gasteiger partial charge in [-0.15, -0.1) is 0 Å². The average molecular weight is 553 g/mol. The molecule has 0 N–H and O–H groups in total. The molecule has 6 aromatic rings. The molecular weight excluding hydrogens is 519 g/mol. The third-order valence-corrected chi connectivity index (χ3v) is 8.98. The lowest BCUT2D eigenvalue weighted by molar-refractivity contribution is 0.590. The lowest BCUT2D eigenvalue weighted by Gasteiger charge is -2.44. The molecule has 0 saturated heterocycles. The molecule has 43 heavy (non-hydrogen) atoms. The Morgan fingerprint density at radius 3 is 1.56 bits per heavy atom. The van der Waals surface area contributed by atoms with Gasteiger partial charge in [-0.05, 0) is 87.0 Å². The summed E-state index contributed by atoms with van der Waals surface area (Å²) >= 11 is 0. The van der Waals surface area contributed by atoms with Crippen LogP contribution in [0.1, 0.15) is 26.3 Å². The van der Waals surface area contributed by atoms with Crippen molar-refractivity contribution in [3.63, 3.8) is 0 Å². The molecule has 0 atom stereocenters. The highest BCUT2D eigenvalue weighted by Crippen LogP contribution is 2.46. The summed E-state index contributed by atoms with van der Waals surface area (Å²) in [5, 5.41) is 0. The SMILES string of the molecule is CC(C)(C)c1ccc2c(c1)N(c1ccccc1)c1cc(-c3ccccc3)cc3c1B2c1ccccc1N3c1ccccc1. The third kappa shape index (κ3) is 4.11. The Bertz CT molecular complexity index is 1960. The molecule has 6 aromatic carbocycles. The van der Waals surface area contributed by atoms with Crippen molar-refractivity contribution in [1.29, 1.82) is 0 Å². The summed E-state index contributed by atoms with van der Waals surface area (Å²) in [6.07, 6.45) is 0. The molecule has 3 heteroatoms. The van der Waals surface area contributed by atoms with Crippen molar-refractivity contribution in [3.8, 4) is 11.1 Å². The van der Waals surface area contributed by atoms with Gasteiger partial charge in [0, 0.05) is 34.1 Å². The third-order valence-electron chi connectivity index (χ3n) is 8.98. The highest BCUT2D eigenvalue weighted by molar-refractivity contribution is 7.00. The van der Waals surface area contributed by atoms with E-state index in [2.05, 4.69) is 176 Å². The van der Waals surface area contributed by atoms with E-state index in [4.69, 9.17) is 0 Å². The second kappa shape index (κ2) is 9.78. The maximum absolute atomic E-state index is 2.50. The quantitative estimate of drug-likeness (QED) is 0.202. The molecule has 0 aromatic heterocycles. The van der Waals surface area contributed by atoms with Crippen molar-refractivity contribution in [2.45, 2.75) is 26.2 Å². The van der Waals surface area contributed by atoms with Gasteiger partial charge in [-0.2, -0.15) is 0 Å². The van der Waals surface area contributed by atoms with Gasteiger partial charge in [0.1, 0.15) is 0 Å². The zero-order valence-electron chi connectivity index (χ0n) is 24.8. The molecule has 0 saturated carbocycles. The number of hydrogen-bond donors (Lipinski definition) is 0. The van der Waals surface area contributed by atoms with Gasteiger partial charge in [0.2, 0.25) is 0 Å². The Morgan fingerprint density at radius 1 is 0.442 bits per heavy atom. The van der Waals surface area contributed by atoms with E-state index in [1.807, 2.05) is 0 Å². The van der Waals surface area contributed by atoms with Crippen molar-refractivity contribution in [1.82, 2.24) is 0 Å². The number of benzene rings is 6. The zero-order chi connectivity index (χ0) is 29.1. The van der Waals surface area contributed by atoms with E-state index in [1.165, 1.54) is 67.2 Å². The van der Waals surface area contributed by atoms with Crippen molar-refractivity contribution in [3.05, 3.63) is 151 Å². The molecule has 2 aliphatic rings. The van der Waals surface area contributed by atoms with Crippen molar-refractivity contribution in [2.75, 3.05) is 9.80 Å². The summed E-state index contributed by atoms with van der Waals surface area (Å²) in [4.78, 5) is 4.97. The van der Waals surface area contributed by atoms with Crippen LogP contribution in [-0.4, -0.2) is 6.71 Å². The van der Waals surface area contributed by atoms with Gasteiger partial charge in [-0.1, -0.05) is 118 Å². The Balaban J connectivity index is 1.51. The number of nitrogens with zero attached hydrogens (tertiary/aromatic N) is 2. The van der Waals surface area contributed by atoms with Crippen LogP contribution < -0.4 is 26.2 Å². The van der Waals surface area contributed by atoms with Gasteiger partial charge in [-0.25, -0.2) is 0 Å². The fraction of sp³-hybridized carbons (Fsp3) is 0.100. The van der Waals surface area contributed by atoms with Gasteiger partial charge in [0.15, 0.2) is 0 Å². The predicted octanol–water partition coefficient (Wildman–Crippen LogP) is 8.73. The van der Waals surface area contributed by atoms with Crippen molar-refractivity contribution in [2.24, 2.45) is 0 Å². The minimum Gasteiger partial charge on any atom is -0.311 e. The highest BCUT2D eigenvalue weighted by Gasteiger charge is 2.43. The van der Waals surface area contributed by atoms with Crippen LogP contribution in [0.4, 0.5) is 34.1 Å². The molecule has 206 valence electrons. The Hall–Kier alpha value is -5.02. The zero-order valence-corrected chi connectivity index (χ0v) is 24.8. The first-order valence-electron chi connectivity index (χ1n) is 15.2. The normalized spacial score (nSPS) is 13.3. The summed E-state index contributed by atoms with van der Waals surface area (Å²) in [6.45, 7) is 7.03. The Kier molecular flexibility index (Phi) is 5.84. The van der Waals surface area contributed by atoms with Gasteiger partial charge in [0.05, 0.1) is 0 Å². The molecule has 0 radical (unpaired) electrons. The Morgan fingerprint density at radius 2 is 0.953 bits per heavy atom. The van der Waals surface area contributed by atoms with E-state index in [0.29, 0.717) is 0 Å². The molecular formula is C40H33BN2. The van der Waals surface area contributed by atoms with Gasteiger partial charge >= 0.3 is 0 Å². The minimum absolute atomic E-state index is 0.0310. The first-order valence-corrected chi connectivity index (χ1v) is 15.2. The number of anilines is 6. The van der Waals surface area contributed by atoms with E-state index in [9.17, 15) is 0 Å². The van der Waals surface area contributed by atoms with Crippen LogP contribution >= 0.6 is 0 Å². The molecule has 0 aliphatic carbocycles. The molecule has 0 bridgehead atoms. The summed E-state index contributed by atoms with van der Waals surface area (Å²) in [7, 11) is 0. The van der Waals surface area contributed by atoms with Crippen LogP contribution in [0.15, 0.2) is 146 Å². The maximum atomic E-state index is 2.50. The lowest BCUT2D eigenvalue weighted by atomic mass is 9.33. The topological polar surface area (TPSA) is 6.48 Å². The first-order chi connectivity index (χ1) is 21.0. The summed E-state index contributed by atoms with van der Waals surface area (Å²) in [5.41, 5.74) is 15.1. The molecule has 2 nitrogen and oxygen atoms in total.